The molecule has 3 rings (SSSR count). The molecule has 0 saturated heterocycles. The van der Waals surface area contributed by atoms with E-state index < -0.39 is 10.0 Å². The molecule has 21 heavy (non-hydrogen) atoms. The molecule has 1 aromatic carbocycles. The maximum atomic E-state index is 12.0. The quantitative estimate of drug-likeness (QED) is 0.779. The van der Waals surface area contributed by atoms with Crippen LogP contribution in [0.2, 0.25) is 0 Å². The molecule has 0 radical (unpaired) electrons. The van der Waals surface area contributed by atoms with Crippen LogP contribution in [-0.4, -0.2) is 24.5 Å². The molecule has 1 amide bonds. The van der Waals surface area contributed by atoms with E-state index in [2.05, 4.69) is 20.2 Å². The van der Waals surface area contributed by atoms with Crippen LogP contribution in [0.4, 0.5) is 11.4 Å². The molecule has 1 aliphatic carbocycles. The number of H-pyrrole nitrogens is 1. The highest BCUT2D eigenvalue weighted by Crippen LogP contribution is 2.30. The van der Waals surface area contributed by atoms with Crippen molar-refractivity contribution in [3.05, 3.63) is 36.7 Å². The molecule has 1 aliphatic rings. The lowest BCUT2D eigenvalue weighted by Gasteiger charge is -2.08. The van der Waals surface area contributed by atoms with Crippen LogP contribution in [0, 0.1) is 5.92 Å². The normalized spacial score (nSPS) is 14.7. The lowest BCUT2D eigenvalue weighted by molar-refractivity contribution is -0.117. The van der Waals surface area contributed by atoms with Crippen molar-refractivity contribution in [1.29, 1.82) is 0 Å². The van der Waals surface area contributed by atoms with Crippen LogP contribution in [0.3, 0.4) is 0 Å². The SMILES string of the molecule is O=C(Nc1ccc(NS(=O)(=O)c2cn[nH]c2)cc1)C1CC1. The summed E-state index contributed by atoms with van der Waals surface area (Å²) in [7, 11) is -3.64. The molecule has 0 bridgehead atoms. The minimum absolute atomic E-state index is 0.0155. The lowest BCUT2D eigenvalue weighted by atomic mass is 10.2. The zero-order valence-electron chi connectivity index (χ0n) is 11.0. The second-order valence-corrected chi connectivity index (χ2v) is 6.56. The number of hydrogen-bond acceptors (Lipinski definition) is 4. The molecule has 1 aromatic heterocycles. The number of hydrogen-bond donors (Lipinski definition) is 3. The fourth-order valence-corrected chi connectivity index (χ4v) is 2.78. The van der Waals surface area contributed by atoms with Gasteiger partial charge in [-0.1, -0.05) is 0 Å². The minimum atomic E-state index is -3.64. The third-order valence-electron chi connectivity index (χ3n) is 3.14. The third kappa shape index (κ3) is 3.22. The van der Waals surface area contributed by atoms with E-state index in [0.29, 0.717) is 11.4 Å². The number of anilines is 2. The van der Waals surface area contributed by atoms with Crippen molar-refractivity contribution < 1.29 is 13.2 Å². The van der Waals surface area contributed by atoms with Gasteiger partial charge in [-0.3, -0.25) is 14.6 Å². The number of carbonyl (C=O) groups excluding carboxylic acids is 1. The van der Waals surface area contributed by atoms with Crippen LogP contribution in [0.5, 0.6) is 0 Å². The summed E-state index contributed by atoms with van der Waals surface area (Å²) in [5.74, 6) is 0.144. The average Bonchev–Trinajstić information content (AvgIpc) is 3.15. The molecule has 7 nitrogen and oxygen atoms in total. The van der Waals surface area contributed by atoms with Gasteiger partial charge in [0.05, 0.1) is 6.20 Å². The third-order valence-corrected chi connectivity index (χ3v) is 4.48. The van der Waals surface area contributed by atoms with Gasteiger partial charge < -0.3 is 5.32 Å². The Morgan fingerprint density at radius 2 is 1.86 bits per heavy atom. The first-order valence-corrected chi connectivity index (χ1v) is 7.95. The Balaban J connectivity index is 1.68. The lowest BCUT2D eigenvalue weighted by Crippen LogP contribution is -2.14. The van der Waals surface area contributed by atoms with E-state index in [1.807, 2.05) is 0 Å². The van der Waals surface area contributed by atoms with Crippen molar-refractivity contribution in [2.75, 3.05) is 10.0 Å². The first-order valence-electron chi connectivity index (χ1n) is 6.47. The number of nitrogens with zero attached hydrogens (tertiary/aromatic N) is 1. The van der Waals surface area contributed by atoms with Gasteiger partial charge in [0.1, 0.15) is 4.90 Å². The van der Waals surface area contributed by atoms with Crippen LogP contribution in [0.15, 0.2) is 41.6 Å². The second kappa shape index (κ2) is 5.21. The van der Waals surface area contributed by atoms with Crippen molar-refractivity contribution in [3.63, 3.8) is 0 Å². The first kappa shape index (κ1) is 13.6. The van der Waals surface area contributed by atoms with Crippen LogP contribution in [0.25, 0.3) is 0 Å². The topological polar surface area (TPSA) is 104 Å². The molecular formula is C13H14N4O3S. The number of nitrogens with one attached hydrogen (secondary N) is 3. The Hall–Kier alpha value is -2.35. The largest absolute Gasteiger partial charge is 0.326 e. The van der Waals surface area contributed by atoms with E-state index in [1.54, 1.807) is 24.3 Å². The number of sulfonamides is 1. The average molecular weight is 306 g/mol. The van der Waals surface area contributed by atoms with Gasteiger partial charge in [0.2, 0.25) is 5.91 Å². The highest BCUT2D eigenvalue weighted by atomic mass is 32.2. The Kier molecular flexibility index (Phi) is 3.38. The monoisotopic (exact) mass is 306 g/mol. The van der Waals surface area contributed by atoms with Crippen molar-refractivity contribution >= 4 is 27.3 Å². The zero-order chi connectivity index (χ0) is 14.9. The number of amides is 1. The highest BCUT2D eigenvalue weighted by molar-refractivity contribution is 7.92. The van der Waals surface area contributed by atoms with Gasteiger partial charge in [-0.15, -0.1) is 0 Å². The van der Waals surface area contributed by atoms with E-state index in [9.17, 15) is 13.2 Å². The van der Waals surface area contributed by atoms with Crippen LogP contribution in [-0.2, 0) is 14.8 Å². The number of aromatic amines is 1. The summed E-state index contributed by atoms with van der Waals surface area (Å²) in [6.07, 6.45) is 4.40. The van der Waals surface area contributed by atoms with Crippen molar-refractivity contribution in [2.24, 2.45) is 5.92 Å². The summed E-state index contributed by atoms with van der Waals surface area (Å²) in [5.41, 5.74) is 1.07. The van der Waals surface area contributed by atoms with Gasteiger partial charge in [-0.05, 0) is 37.1 Å². The smallest absolute Gasteiger partial charge is 0.265 e. The van der Waals surface area contributed by atoms with Gasteiger partial charge in [0.25, 0.3) is 10.0 Å². The fourth-order valence-electron chi connectivity index (χ4n) is 1.81. The molecule has 0 atom stereocenters. The summed E-state index contributed by atoms with van der Waals surface area (Å²) in [6.45, 7) is 0. The maximum absolute atomic E-state index is 12.0. The summed E-state index contributed by atoms with van der Waals surface area (Å²) in [5, 5.41) is 8.85. The Labute approximate surface area is 121 Å². The molecule has 3 N–H and O–H groups in total. The Bertz CT molecular complexity index is 734. The minimum Gasteiger partial charge on any atom is -0.326 e. The molecule has 0 unspecified atom stereocenters. The summed E-state index contributed by atoms with van der Waals surface area (Å²) in [6, 6.07) is 6.52. The first-order chi connectivity index (χ1) is 10.0. The van der Waals surface area contributed by atoms with Crippen molar-refractivity contribution in [3.8, 4) is 0 Å². The second-order valence-electron chi connectivity index (χ2n) is 4.88. The van der Waals surface area contributed by atoms with Crippen molar-refractivity contribution in [1.82, 2.24) is 10.2 Å². The van der Waals surface area contributed by atoms with E-state index in [-0.39, 0.29) is 16.7 Å². The number of aromatic nitrogens is 2. The Morgan fingerprint density at radius 1 is 1.19 bits per heavy atom. The van der Waals surface area contributed by atoms with E-state index in [0.717, 1.165) is 12.8 Å². The van der Waals surface area contributed by atoms with Crippen molar-refractivity contribution in [2.45, 2.75) is 17.7 Å². The van der Waals surface area contributed by atoms with Crippen LogP contribution < -0.4 is 10.0 Å². The fraction of sp³-hybridized carbons (Fsp3) is 0.231. The van der Waals surface area contributed by atoms with E-state index in [1.165, 1.54) is 12.4 Å². The Morgan fingerprint density at radius 3 is 2.43 bits per heavy atom. The highest BCUT2D eigenvalue weighted by Gasteiger charge is 2.29. The van der Waals surface area contributed by atoms with E-state index >= 15 is 0 Å². The number of benzene rings is 1. The standard InChI is InChI=1S/C13H14N4O3S/c18-13(9-1-2-9)16-10-3-5-11(6-4-10)17-21(19,20)12-7-14-15-8-12/h3-9,17H,1-2H2,(H,14,15)(H,16,18). The van der Waals surface area contributed by atoms with Gasteiger partial charge >= 0.3 is 0 Å². The summed E-state index contributed by atoms with van der Waals surface area (Å²) in [4.78, 5) is 11.7. The molecule has 2 aromatic rings. The molecule has 1 fully saturated rings. The zero-order valence-corrected chi connectivity index (χ0v) is 11.9. The predicted molar refractivity (Wildman–Crippen MR) is 77.2 cm³/mol. The molecular weight excluding hydrogens is 292 g/mol. The molecule has 8 heteroatoms. The predicted octanol–water partition coefficient (Wildman–Crippen LogP) is 1.56. The van der Waals surface area contributed by atoms with Gasteiger partial charge in [0, 0.05) is 23.5 Å². The van der Waals surface area contributed by atoms with Crippen LogP contribution in [0.1, 0.15) is 12.8 Å². The molecule has 0 aliphatic heterocycles. The summed E-state index contributed by atoms with van der Waals surface area (Å²) >= 11 is 0. The number of rotatable bonds is 5. The van der Waals surface area contributed by atoms with Gasteiger partial charge in [0.15, 0.2) is 0 Å². The van der Waals surface area contributed by atoms with Crippen LogP contribution >= 0.6 is 0 Å². The number of carbonyl (C=O) groups is 1. The van der Waals surface area contributed by atoms with Gasteiger partial charge in [-0.2, -0.15) is 5.10 Å². The molecule has 1 heterocycles. The van der Waals surface area contributed by atoms with Gasteiger partial charge in [-0.25, -0.2) is 8.42 Å². The molecule has 0 spiro atoms. The summed E-state index contributed by atoms with van der Waals surface area (Å²) < 4.78 is 26.4. The maximum Gasteiger partial charge on any atom is 0.265 e. The molecule has 1 saturated carbocycles. The van der Waals surface area contributed by atoms with E-state index in [4.69, 9.17) is 0 Å². The molecule has 110 valence electrons.